The van der Waals surface area contributed by atoms with Crippen LogP contribution in [0.15, 0.2) is 18.2 Å². The van der Waals surface area contributed by atoms with Gasteiger partial charge in [0, 0.05) is 0 Å². The summed E-state index contributed by atoms with van der Waals surface area (Å²) < 4.78 is 17.0. The summed E-state index contributed by atoms with van der Waals surface area (Å²) in [4.78, 5) is 0. The molecule has 56 valence electrons. The summed E-state index contributed by atoms with van der Waals surface area (Å²) in [6.45, 7) is 1.88. The molecule has 0 amide bonds. The monoisotopic (exact) mass is 149 g/mol. The van der Waals surface area contributed by atoms with E-state index >= 15 is 0 Å². The number of benzene rings is 1. The Kier molecular flexibility index (Phi) is 1.99. The Balaban J connectivity index is 3.24. The maximum absolute atomic E-state index is 7.47. The molecule has 0 unspecified atom stereocenters. The SMILES string of the molecule is [2H]c1cc(C)cc(OC)c1O[B]. The minimum absolute atomic E-state index is 0.231. The van der Waals surface area contributed by atoms with Crippen molar-refractivity contribution in [3.63, 3.8) is 0 Å². The minimum Gasteiger partial charge on any atom is -0.565 e. The van der Waals surface area contributed by atoms with Gasteiger partial charge in [-0.05, 0) is 24.6 Å². The largest absolute Gasteiger partial charge is 0.565 e. The first-order valence-corrected chi connectivity index (χ1v) is 3.21. The Bertz CT molecular complexity index is 289. The molecule has 1 rings (SSSR count). The molecule has 2 nitrogen and oxygen atoms in total. The quantitative estimate of drug-likeness (QED) is 0.592. The molecule has 0 fully saturated rings. The van der Waals surface area contributed by atoms with Gasteiger partial charge in [0.1, 0.15) is 5.75 Å². The van der Waals surface area contributed by atoms with E-state index in [0.29, 0.717) is 5.75 Å². The van der Waals surface area contributed by atoms with Gasteiger partial charge in [0.15, 0.2) is 5.75 Å². The highest BCUT2D eigenvalue weighted by atomic mass is 16.5. The highest BCUT2D eigenvalue weighted by Crippen LogP contribution is 2.26. The van der Waals surface area contributed by atoms with Crippen LogP contribution < -0.4 is 9.39 Å². The lowest BCUT2D eigenvalue weighted by Crippen LogP contribution is -1.91. The zero-order valence-electron chi connectivity index (χ0n) is 7.55. The first-order valence-electron chi connectivity index (χ1n) is 3.71. The van der Waals surface area contributed by atoms with E-state index in [0.717, 1.165) is 5.56 Å². The van der Waals surface area contributed by atoms with Crippen molar-refractivity contribution >= 4 is 8.05 Å². The predicted molar refractivity (Wildman–Crippen MR) is 44.1 cm³/mol. The van der Waals surface area contributed by atoms with Crippen molar-refractivity contribution in [2.75, 3.05) is 7.11 Å². The summed E-state index contributed by atoms with van der Waals surface area (Å²) in [5.74, 6) is 0.755. The third kappa shape index (κ3) is 1.67. The lowest BCUT2D eigenvalue weighted by Gasteiger charge is -2.07. The highest BCUT2D eigenvalue weighted by Gasteiger charge is 2.00. The van der Waals surface area contributed by atoms with Crippen LogP contribution in [-0.4, -0.2) is 15.2 Å². The fourth-order valence-corrected chi connectivity index (χ4v) is 0.808. The zero-order valence-corrected chi connectivity index (χ0v) is 6.55. The molecule has 0 aromatic heterocycles. The van der Waals surface area contributed by atoms with E-state index in [1.165, 1.54) is 7.11 Å². The van der Waals surface area contributed by atoms with E-state index in [4.69, 9.17) is 14.2 Å². The van der Waals surface area contributed by atoms with Gasteiger partial charge in [-0.3, -0.25) is 0 Å². The first-order chi connectivity index (χ1) is 5.69. The molecule has 1 aromatic carbocycles. The summed E-state index contributed by atoms with van der Waals surface area (Å²) in [6.07, 6.45) is 0. The lowest BCUT2D eigenvalue weighted by molar-refractivity contribution is 0.397. The van der Waals surface area contributed by atoms with Crippen molar-refractivity contribution in [1.29, 1.82) is 0 Å². The lowest BCUT2D eigenvalue weighted by atomic mass is 10.2. The number of hydrogen-bond acceptors (Lipinski definition) is 2. The van der Waals surface area contributed by atoms with Crippen LogP contribution in [0.5, 0.6) is 11.5 Å². The number of hydrogen-bond donors (Lipinski definition) is 0. The molecular weight excluding hydrogens is 139 g/mol. The predicted octanol–water partition coefficient (Wildman–Crippen LogP) is 1.47. The molecule has 0 aliphatic heterocycles. The molecule has 1 aromatic rings. The van der Waals surface area contributed by atoms with Crippen LogP contribution >= 0.6 is 0 Å². The van der Waals surface area contributed by atoms with Crippen molar-refractivity contribution in [1.82, 2.24) is 0 Å². The molecule has 0 aliphatic rings. The van der Waals surface area contributed by atoms with Gasteiger partial charge in [0.2, 0.25) is 0 Å². The van der Waals surface area contributed by atoms with Gasteiger partial charge in [-0.1, -0.05) is 6.07 Å². The van der Waals surface area contributed by atoms with Gasteiger partial charge in [-0.2, -0.15) is 0 Å². The van der Waals surface area contributed by atoms with E-state index in [2.05, 4.69) is 4.65 Å². The van der Waals surface area contributed by atoms with Crippen molar-refractivity contribution in [2.24, 2.45) is 0 Å². The van der Waals surface area contributed by atoms with Gasteiger partial charge in [-0.25, -0.2) is 0 Å². The first kappa shape index (κ1) is 6.59. The van der Waals surface area contributed by atoms with Gasteiger partial charge in [0.25, 0.3) is 0 Å². The molecular formula is C8H9BO2. The fraction of sp³-hybridized carbons (Fsp3) is 0.250. The van der Waals surface area contributed by atoms with Crippen molar-refractivity contribution in [3.8, 4) is 11.5 Å². The Morgan fingerprint density at radius 3 is 2.82 bits per heavy atom. The third-order valence-electron chi connectivity index (χ3n) is 1.35. The number of ether oxygens (including phenoxy) is 1. The van der Waals surface area contributed by atoms with Crippen LogP contribution in [0.2, 0.25) is 0 Å². The van der Waals surface area contributed by atoms with Crippen molar-refractivity contribution in [2.45, 2.75) is 6.92 Å². The maximum atomic E-state index is 7.47. The highest BCUT2D eigenvalue weighted by molar-refractivity contribution is 6.00. The molecule has 0 saturated heterocycles. The second-order valence-electron chi connectivity index (χ2n) is 2.19. The summed E-state index contributed by atoms with van der Waals surface area (Å²) >= 11 is 0. The Hall–Kier alpha value is -1.12. The van der Waals surface area contributed by atoms with Gasteiger partial charge in [-0.15, -0.1) is 0 Å². The molecule has 2 radical (unpaired) electrons. The van der Waals surface area contributed by atoms with E-state index < -0.39 is 0 Å². The van der Waals surface area contributed by atoms with Crippen LogP contribution in [0.3, 0.4) is 0 Å². The van der Waals surface area contributed by atoms with Crippen LogP contribution in [0.25, 0.3) is 0 Å². The van der Waals surface area contributed by atoms with Crippen molar-refractivity contribution in [3.05, 3.63) is 23.7 Å². The smallest absolute Gasteiger partial charge is 0.374 e. The van der Waals surface area contributed by atoms with Crippen molar-refractivity contribution < 1.29 is 10.8 Å². The number of aryl methyl sites for hydroxylation is 1. The van der Waals surface area contributed by atoms with Crippen LogP contribution in [0, 0.1) is 6.92 Å². The second-order valence-corrected chi connectivity index (χ2v) is 2.19. The molecule has 0 N–H and O–H groups in total. The summed E-state index contributed by atoms with van der Waals surface area (Å²) in [5, 5.41) is 0. The average molecular weight is 149 g/mol. The average Bonchev–Trinajstić information content (AvgIpc) is 2.03. The standard InChI is InChI=1S/C8H9BO2/c1-6-3-4-7(11-9)8(5-6)10-2/h3-5H,1-2H3/i4D. The van der Waals surface area contributed by atoms with Crippen LogP contribution in [-0.2, 0) is 0 Å². The molecule has 0 saturated carbocycles. The van der Waals surface area contributed by atoms with E-state index in [1.807, 2.05) is 6.92 Å². The maximum Gasteiger partial charge on any atom is 0.374 e. The molecule has 0 bridgehead atoms. The summed E-state index contributed by atoms with van der Waals surface area (Å²) in [5.41, 5.74) is 0.942. The molecule has 11 heavy (non-hydrogen) atoms. The Morgan fingerprint density at radius 2 is 2.27 bits per heavy atom. The third-order valence-corrected chi connectivity index (χ3v) is 1.35. The van der Waals surface area contributed by atoms with E-state index in [-0.39, 0.29) is 11.8 Å². The van der Waals surface area contributed by atoms with Crippen LogP contribution in [0.4, 0.5) is 0 Å². The van der Waals surface area contributed by atoms with Gasteiger partial charge < -0.3 is 9.39 Å². The molecule has 0 heterocycles. The van der Waals surface area contributed by atoms with E-state index in [9.17, 15) is 0 Å². The Labute approximate surface area is 69.0 Å². The zero-order chi connectivity index (χ0) is 9.14. The van der Waals surface area contributed by atoms with Gasteiger partial charge >= 0.3 is 8.05 Å². The van der Waals surface area contributed by atoms with Crippen LogP contribution in [0.1, 0.15) is 6.93 Å². The second kappa shape index (κ2) is 3.33. The topological polar surface area (TPSA) is 18.5 Å². The molecule has 0 spiro atoms. The fourth-order valence-electron chi connectivity index (χ4n) is 0.808. The number of rotatable bonds is 2. The van der Waals surface area contributed by atoms with Gasteiger partial charge in [0.05, 0.1) is 8.48 Å². The minimum atomic E-state index is 0.231. The molecule has 0 atom stereocenters. The normalized spacial score (nSPS) is 10.5. The summed E-state index contributed by atoms with van der Waals surface area (Å²) in [7, 11) is 6.49. The number of methoxy groups -OCH3 is 1. The Morgan fingerprint density at radius 1 is 1.55 bits per heavy atom. The van der Waals surface area contributed by atoms with E-state index in [1.54, 1.807) is 12.1 Å². The molecule has 0 aliphatic carbocycles. The summed E-state index contributed by atoms with van der Waals surface area (Å²) in [6, 6.07) is 3.65. The molecule has 3 heteroatoms.